The number of para-hydroxylation sites is 1. The van der Waals surface area contributed by atoms with E-state index in [4.69, 9.17) is 11.6 Å². The lowest BCUT2D eigenvalue weighted by molar-refractivity contribution is 0.630. The minimum absolute atomic E-state index is 0.314. The van der Waals surface area contributed by atoms with Crippen LogP contribution in [-0.2, 0) is 6.54 Å². The van der Waals surface area contributed by atoms with Crippen LogP contribution in [0.3, 0.4) is 0 Å². The monoisotopic (exact) mass is 292 g/mol. The molecule has 19 heavy (non-hydrogen) atoms. The number of fused-ring (bicyclic) bond motifs is 1. The molecule has 1 N–H and O–H groups in total. The highest BCUT2D eigenvalue weighted by molar-refractivity contribution is 7.18. The number of nitrogens with zero attached hydrogens (tertiary/aromatic N) is 1. The Morgan fingerprint density at radius 3 is 2.89 bits per heavy atom. The van der Waals surface area contributed by atoms with E-state index in [1.165, 1.54) is 12.1 Å². The highest BCUT2D eigenvalue weighted by Gasteiger charge is 2.06. The van der Waals surface area contributed by atoms with Crippen molar-refractivity contribution in [2.24, 2.45) is 0 Å². The predicted octanol–water partition coefficient (Wildman–Crippen LogP) is 4.70. The van der Waals surface area contributed by atoms with Gasteiger partial charge in [-0.1, -0.05) is 23.7 Å². The van der Waals surface area contributed by atoms with Gasteiger partial charge < -0.3 is 5.32 Å². The molecule has 0 amide bonds. The quantitative estimate of drug-likeness (QED) is 0.757. The van der Waals surface area contributed by atoms with Gasteiger partial charge in [0.1, 0.15) is 10.8 Å². The van der Waals surface area contributed by atoms with Crippen LogP contribution in [0.2, 0.25) is 5.02 Å². The molecule has 0 aliphatic heterocycles. The number of hydrogen-bond acceptors (Lipinski definition) is 3. The van der Waals surface area contributed by atoms with Gasteiger partial charge in [0.05, 0.1) is 22.4 Å². The minimum atomic E-state index is -0.314. The van der Waals surface area contributed by atoms with Crippen LogP contribution in [0.4, 0.5) is 10.1 Å². The number of anilines is 1. The number of aromatic nitrogens is 1. The van der Waals surface area contributed by atoms with Gasteiger partial charge in [-0.25, -0.2) is 9.37 Å². The van der Waals surface area contributed by atoms with E-state index >= 15 is 0 Å². The fraction of sp³-hybridized carbons (Fsp3) is 0.0714. The molecule has 5 heteroatoms. The summed E-state index contributed by atoms with van der Waals surface area (Å²) in [5.41, 5.74) is 1.36. The lowest BCUT2D eigenvalue weighted by atomic mass is 10.3. The average molecular weight is 293 g/mol. The van der Waals surface area contributed by atoms with E-state index in [0.717, 1.165) is 15.2 Å². The van der Waals surface area contributed by atoms with Crippen LogP contribution in [0.15, 0.2) is 42.5 Å². The lowest BCUT2D eigenvalue weighted by Crippen LogP contribution is -2.00. The summed E-state index contributed by atoms with van der Waals surface area (Å²) in [5.74, 6) is -0.314. The fourth-order valence-corrected chi connectivity index (χ4v) is 2.88. The number of benzene rings is 2. The lowest BCUT2D eigenvalue weighted by Gasteiger charge is -2.05. The number of hydrogen-bond donors (Lipinski definition) is 1. The first-order valence-electron chi connectivity index (χ1n) is 5.76. The van der Waals surface area contributed by atoms with Gasteiger partial charge in [-0.3, -0.25) is 0 Å². The SMILES string of the molecule is Fc1ccc(Cl)cc1NCc1nc2ccccc2s1. The molecule has 0 aliphatic carbocycles. The van der Waals surface area contributed by atoms with Gasteiger partial charge in [-0.2, -0.15) is 0 Å². The summed E-state index contributed by atoms with van der Waals surface area (Å²) in [4.78, 5) is 4.48. The molecular formula is C14H10ClFN2S. The third-order valence-corrected chi connectivity index (χ3v) is 3.97. The van der Waals surface area contributed by atoms with Gasteiger partial charge >= 0.3 is 0 Å². The summed E-state index contributed by atoms with van der Waals surface area (Å²) in [6.07, 6.45) is 0. The Hall–Kier alpha value is -1.65. The van der Waals surface area contributed by atoms with Gasteiger partial charge in [-0.05, 0) is 30.3 Å². The fourth-order valence-electron chi connectivity index (χ4n) is 1.80. The van der Waals surface area contributed by atoms with E-state index in [-0.39, 0.29) is 5.82 Å². The van der Waals surface area contributed by atoms with Crippen molar-refractivity contribution in [2.75, 3.05) is 5.32 Å². The molecule has 1 aromatic heterocycles. The van der Waals surface area contributed by atoms with Gasteiger partial charge in [0, 0.05) is 5.02 Å². The summed E-state index contributed by atoms with van der Waals surface area (Å²) < 4.78 is 14.7. The molecule has 0 spiro atoms. The van der Waals surface area contributed by atoms with E-state index in [1.54, 1.807) is 17.4 Å². The van der Waals surface area contributed by atoms with E-state index in [2.05, 4.69) is 10.3 Å². The molecule has 2 aromatic carbocycles. The Labute approximate surface area is 118 Å². The molecule has 0 saturated heterocycles. The third-order valence-electron chi connectivity index (χ3n) is 2.70. The van der Waals surface area contributed by atoms with Crippen molar-refractivity contribution in [2.45, 2.75) is 6.54 Å². The summed E-state index contributed by atoms with van der Waals surface area (Å²) in [7, 11) is 0. The molecule has 3 aromatic rings. The van der Waals surface area contributed by atoms with Crippen molar-refractivity contribution in [3.63, 3.8) is 0 Å². The van der Waals surface area contributed by atoms with Crippen LogP contribution in [0.1, 0.15) is 5.01 Å². The van der Waals surface area contributed by atoms with Crippen molar-refractivity contribution in [1.82, 2.24) is 4.98 Å². The molecule has 1 heterocycles. The number of nitrogens with one attached hydrogen (secondary N) is 1. The van der Waals surface area contributed by atoms with Gasteiger partial charge in [0.15, 0.2) is 0 Å². The molecule has 3 rings (SSSR count). The first kappa shape index (κ1) is 12.4. The van der Waals surface area contributed by atoms with Crippen LogP contribution in [0.25, 0.3) is 10.2 Å². The molecule has 0 bridgehead atoms. The largest absolute Gasteiger partial charge is 0.376 e. The van der Waals surface area contributed by atoms with Crippen LogP contribution in [0.5, 0.6) is 0 Å². The van der Waals surface area contributed by atoms with Crippen molar-refractivity contribution >= 4 is 38.8 Å². The Morgan fingerprint density at radius 1 is 1.21 bits per heavy atom. The van der Waals surface area contributed by atoms with E-state index in [1.807, 2.05) is 24.3 Å². The highest BCUT2D eigenvalue weighted by Crippen LogP contribution is 2.24. The molecule has 0 radical (unpaired) electrons. The molecule has 0 fully saturated rings. The maximum absolute atomic E-state index is 13.5. The van der Waals surface area contributed by atoms with Crippen molar-refractivity contribution < 1.29 is 4.39 Å². The summed E-state index contributed by atoms with van der Waals surface area (Å²) in [5, 5.41) is 4.44. The van der Waals surface area contributed by atoms with Crippen LogP contribution < -0.4 is 5.32 Å². The third kappa shape index (κ3) is 2.69. The zero-order chi connectivity index (χ0) is 13.2. The van der Waals surface area contributed by atoms with Gasteiger partial charge in [0.2, 0.25) is 0 Å². The second-order valence-corrected chi connectivity index (χ2v) is 5.60. The predicted molar refractivity (Wildman–Crippen MR) is 78.4 cm³/mol. The van der Waals surface area contributed by atoms with E-state index in [0.29, 0.717) is 17.3 Å². The summed E-state index contributed by atoms with van der Waals surface area (Å²) >= 11 is 7.44. The van der Waals surface area contributed by atoms with Crippen molar-refractivity contribution in [1.29, 1.82) is 0 Å². The molecular weight excluding hydrogens is 283 g/mol. The summed E-state index contributed by atoms with van der Waals surface area (Å²) in [6.45, 7) is 0.483. The van der Waals surface area contributed by atoms with Crippen LogP contribution in [0, 0.1) is 5.82 Å². The molecule has 0 aliphatic rings. The second-order valence-electron chi connectivity index (χ2n) is 4.05. The summed E-state index contributed by atoms with van der Waals surface area (Å²) in [6, 6.07) is 12.4. The minimum Gasteiger partial charge on any atom is -0.376 e. The maximum atomic E-state index is 13.5. The average Bonchev–Trinajstić information content (AvgIpc) is 2.82. The Balaban J connectivity index is 1.80. The Bertz CT molecular complexity index is 693. The van der Waals surface area contributed by atoms with Crippen molar-refractivity contribution in [3.8, 4) is 0 Å². The normalized spacial score (nSPS) is 10.8. The van der Waals surface area contributed by atoms with Crippen molar-refractivity contribution in [3.05, 3.63) is 58.3 Å². The molecule has 0 atom stereocenters. The Morgan fingerprint density at radius 2 is 2.05 bits per heavy atom. The molecule has 0 unspecified atom stereocenters. The zero-order valence-corrected chi connectivity index (χ0v) is 11.4. The topological polar surface area (TPSA) is 24.9 Å². The van der Waals surface area contributed by atoms with Crippen LogP contribution >= 0.6 is 22.9 Å². The molecule has 96 valence electrons. The molecule has 2 nitrogen and oxygen atoms in total. The standard InChI is InChI=1S/C14H10ClFN2S/c15-9-5-6-10(16)12(7-9)17-8-14-18-11-3-1-2-4-13(11)19-14/h1-7,17H,8H2. The highest BCUT2D eigenvalue weighted by atomic mass is 35.5. The zero-order valence-electron chi connectivity index (χ0n) is 9.86. The molecule has 0 saturated carbocycles. The second kappa shape index (κ2) is 5.15. The first-order valence-corrected chi connectivity index (χ1v) is 6.95. The van der Waals surface area contributed by atoms with Gasteiger partial charge in [-0.15, -0.1) is 11.3 Å². The smallest absolute Gasteiger partial charge is 0.146 e. The van der Waals surface area contributed by atoms with E-state index in [9.17, 15) is 4.39 Å². The number of halogens is 2. The van der Waals surface area contributed by atoms with Gasteiger partial charge in [0.25, 0.3) is 0 Å². The first-order chi connectivity index (χ1) is 9.22. The number of rotatable bonds is 3. The van der Waals surface area contributed by atoms with E-state index < -0.39 is 0 Å². The maximum Gasteiger partial charge on any atom is 0.146 e. The Kier molecular flexibility index (Phi) is 3.36. The number of thiazole rings is 1. The van der Waals surface area contributed by atoms with Crippen LogP contribution in [-0.4, -0.2) is 4.98 Å².